The number of aromatic nitrogens is 1. The van der Waals surface area contributed by atoms with Crippen molar-refractivity contribution in [1.82, 2.24) is 4.57 Å². The Hall–Kier alpha value is -1.79. The second-order valence-corrected chi connectivity index (χ2v) is 3.54. The summed E-state index contributed by atoms with van der Waals surface area (Å²) in [4.78, 5) is 11.8. The highest BCUT2D eigenvalue weighted by Gasteiger charge is 2.23. The van der Waals surface area contributed by atoms with Gasteiger partial charge >= 0.3 is 13.2 Å². The van der Waals surface area contributed by atoms with Gasteiger partial charge in [-0.2, -0.15) is 0 Å². The first-order valence-electron chi connectivity index (χ1n) is 5.28. The molecule has 0 unspecified atom stereocenters. The van der Waals surface area contributed by atoms with Crippen LogP contribution in [-0.2, 0) is 4.74 Å². The molecule has 0 spiro atoms. The van der Waals surface area contributed by atoms with Gasteiger partial charge in [0.05, 0.1) is 17.7 Å². The molecule has 2 rings (SSSR count). The zero-order valence-corrected chi connectivity index (χ0v) is 9.33. The molecule has 0 radical (unpaired) electrons. The number of rotatable bonds is 2. The summed E-state index contributed by atoms with van der Waals surface area (Å²) in [5.74, 6) is 0. The Morgan fingerprint density at radius 1 is 1.41 bits per heavy atom. The second-order valence-electron chi connectivity index (χ2n) is 3.54. The van der Waals surface area contributed by atoms with Crippen LogP contribution in [-0.4, -0.2) is 34.4 Å². The maximum Gasteiger partial charge on any atom is 0.506 e. The summed E-state index contributed by atoms with van der Waals surface area (Å²) in [5.41, 5.74) is 0.693. The van der Waals surface area contributed by atoms with Crippen LogP contribution in [0.15, 0.2) is 30.3 Å². The van der Waals surface area contributed by atoms with E-state index < -0.39 is 13.2 Å². The van der Waals surface area contributed by atoms with Crippen molar-refractivity contribution in [3.05, 3.63) is 30.3 Å². The SMILES string of the molecule is CCOC(=O)n1c(B(O)O)cc2ccccc21. The number of ether oxygens (including phenoxy) is 1. The van der Waals surface area contributed by atoms with E-state index in [-0.39, 0.29) is 12.2 Å². The fourth-order valence-corrected chi connectivity index (χ4v) is 1.76. The maximum absolute atomic E-state index is 11.8. The molecule has 0 saturated heterocycles. The fourth-order valence-electron chi connectivity index (χ4n) is 1.76. The summed E-state index contributed by atoms with van der Waals surface area (Å²) in [7, 11) is -1.72. The highest BCUT2D eigenvalue weighted by Crippen LogP contribution is 2.14. The van der Waals surface area contributed by atoms with Crippen molar-refractivity contribution in [1.29, 1.82) is 0 Å². The van der Waals surface area contributed by atoms with Gasteiger partial charge in [-0.3, -0.25) is 4.57 Å². The number of para-hydroxylation sites is 1. The van der Waals surface area contributed by atoms with Crippen LogP contribution in [0.3, 0.4) is 0 Å². The lowest BCUT2D eigenvalue weighted by molar-refractivity contribution is 0.155. The molecule has 0 amide bonds. The van der Waals surface area contributed by atoms with Crippen molar-refractivity contribution in [3.63, 3.8) is 0 Å². The molecular weight excluding hydrogens is 221 g/mol. The van der Waals surface area contributed by atoms with Crippen molar-refractivity contribution in [2.24, 2.45) is 0 Å². The minimum atomic E-state index is -1.72. The minimum absolute atomic E-state index is 0.102. The minimum Gasteiger partial charge on any atom is -0.449 e. The topological polar surface area (TPSA) is 71.7 Å². The second kappa shape index (κ2) is 4.61. The Labute approximate surface area is 98.4 Å². The predicted octanol–water partition coefficient (Wildman–Crippen LogP) is 0.326. The van der Waals surface area contributed by atoms with E-state index in [2.05, 4.69) is 0 Å². The molecule has 1 aromatic heterocycles. The average Bonchev–Trinajstić information content (AvgIpc) is 2.68. The zero-order valence-electron chi connectivity index (χ0n) is 9.33. The third kappa shape index (κ3) is 2.04. The highest BCUT2D eigenvalue weighted by atomic mass is 16.5. The van der Waals surface area contributed by atoms with Crippen molar-refractivity contribution < 1.29 is 19.6 Å². The number of carbonyl (C=O) groups excluding carboxylic acids is 1. The molecule has 5 nitrogen and oxygen atoms in total. The van der Waals surface area contributed by atoms with Crippen LogP contribution < -0.4 is 5.59 Å². The van der Waals surface area contributed by atoms with Crippen LogP contribution >= 0.6 is 0 Å². The molecule has 0 aliphatic carbocycles. The number of benzene rings is 1. The van der Waals surface area contributed by atoms with Crippen LogP contribution in [0.25, 0.3) is 10.9 Å². The molecule has 88 valence electrons. The van der Waals surface area contributed by atoms with Gasteiger partial charge in [-0.15, -0.1) is 0 Å². The molecule has 1 heterocycles. The number of carbonyl (C=O) groups is 1. The number of nitrogens with zero attached hydrogens (tertiary/aromatic N) is 1. The first kappa shape index (κ1) is 11.7. The smallest absolute Gasteiger partial charge is 0.449 e. The van der Waals surface area contributed by atoms with Crippen LogP contribution in [0.1, 0.15) is 6.92 Å². The van der Waals surface area contributed by atoms with Gasteiger partial charge in [0.1, 0.15) is 0 Å². The zero-order chi connectivity index (χ0) is 12.4. The van der Waals surface area contributed by atoms with Crippen LogP contribution in [0.4, 0.5) is 4.79 Å². The van der Waals surface area contributed by atoms with Gasteiger partial charge in [0.15, 0.2) is 0 Å². The van der Waals surface area contributed by atoms with Gasteiger partial charge in [-0.25, -0.2) is 4.79 Å². The molecule has 1 aromatic carbocycles. The Morgan fingerprint density at radius 3 is 2.76 bits per heavy atom. The van der Waals surface area contributed by atoms with Gasteiger partial charge in [0.2, 0.25) is 0 Å². The normalized spacial score (nSPS) is 10.5. The number of hydrogen-bond donors (Lipinski definition) is 2. The lowest BCUT2D eigenvalue weighted by Crippen LogP contribution is -2.39. The summed E-state index contributed by atoms with van der Waals surface area (Å²) in [6.45, 7) is 1.92. The van der Waals surface area contributed by atoms with E-state index in [4.69, 9.17) is 4.74 Å². The van der Waals surface area contributed by atoms with Crippen LogP contribution in [0.2, 0.25) is 0 Å². The summed E-state index contributed by atoms with van der Waals surface area (Å²) < 4.78 is 6.06. The standard InChI is InChI=1S/C11H12BNO4/c1-2-17-11(14)13-9-6-4-3-5-8(9)7-10(13)12(15)16/h3-7,15-16H,2H2,1H3. The largest absolute Gasteiger partial charge is 0.506 e. The number of fused-ring (bicyclic) bond motifs is 1. The third-order valence-corrected chi connectivity index (χ3v) is 2.45. The van der Waals surface area contributed by atoms with E-state index in [9.17, 15) is 14.8 Å². The monoisotopic (exact) mass is 233 g/mol. The van der Waals surface area contributed by atoms with Crippen LogP contribution in [0, 0.1) is 0 Å². The van der Waals surface area contributed by atoms with E-state index in [1.807, 2.05) is 6.07 Å². The molecular formula is C11H12BNO4. The van der Waals surface area contributed by atoms with Crippen molar-refractivity contribution in [3.8, 4) is 0 Å². The average molecular weight is 233 g/mol. The van der Waals surface area contributed by atoms with Gasteiger partial charge in [0.25, 0.3) is 0 Å². The molecule has 2 aromatic rings. The molecule has 17 heavy (non-hydrogen) atoms. The molecule has 0 atom stereocenters. The van der Waals surface area contributed by atoms with E-state index in [0.717, 1.165) is 5.39 Å². The van der Waals surface area contributed by atoms with Gasteiger partial charge in [0, 0.05) is 0 Å². The highest BCUT2D eigenvalue weighted by molar-refractivity contribution is 6.59. The van der Waals surface area contributed by atoms with Gasteiger partial charge in [-0.1, -0.05) is 18.2 Å². The molecule has 2 N–H and O–H groups in total. The Bertz CT molecular complexity index is 549. The molecule has 0 bridgehead atoms. The summed E-state index contributed by atoms with van der Waals surface area (Å²) in [6.07, 6.45) is -0.614. The van der Waals surface area contributed by atoms with E-state index in [0.29, 0.717) is 5.52 Å². The van der Waals surface area contributed by atoms with Gasteiger partial charge in [-0.05, 0) is 24.4 Å². The van der Waals surface area contributed by atoms with Crippen LogP contribution in [0.5, 0.6) is 0 Å². The van der Waals surface area contributed by atoms with E-state index in [1.165, 1.54) is 4.57 Å². The Morgan fingerprint density at radius 2 is 2.12 bits per heavy atom. The Balaban J connectivity index is 2.63. The van der Waals surface area contributed by atoms with E-state index >= 15 is 0 Å². The van der Waals surface area contributed by atoms with Crippen molar-refractivity contribution in [2.75, 3.05) is 6.61 Å². The summed E-state index contributed by atoms with van der Waals surface area (Å²) >= 11 is 0. The fraction of sp³-hybridized carbons (Fsp3) is 0.182. The van der Waals surface area contributed by atoms with Crippen molar-refractivity contribution in [2.45, 2.75) is 6.92 Å². The molecule has 0 saturated carbocycles. The predicted molar refractivity (Wildman–Crippen MR) is 64.2 cm³/mol. The molecule has 6 heteroatoms. The first-order chi connectivity index (χ1) is 8.15. The Kier molecular flexibility index (Phi) is 3.17. The lowest BCUT2D eigenvalue weighted by atomic mass is 9.86. The number of hydrogen-bond acceptors (Lipinski definition) is 4. The first-order valence-corrected chi connectivity index (χ1v) is 5.28. The quantitative estimate of drug-likeness (QED) is 0.733. The third-order valence-electron chi connectivity index (χ3n) is 2.45. The molecule has 0 aliphatic heterocycles. The lowest BCUT2D eigenvalue weighted by Gasteiger charge is -2.08. The van der Waals surface area contributed by atoms with E-state index in [1.54, 1.807) is 31.2 Å². The van der Waals surface area contributed by atoms with Crippen molar-refractivity contribution >= 4 is 29.7 Å². The summed E-state index contributed by atoms with van der Waals surface area (Å²) in [6, 6.07) is 8.64. The summed E-state index contributed by atoms with van der Waals surface area (Å²) in [5, 5.41) is 19.3. The maximum atomic E-state index is 11.8. The molecule has 0 aliphatic rings. The van der Waals surface area contributed by atoms with Gasteiger partial charge < -0.3 is 14.8 Å². The molecule has 0 fully saturated rings.